The van der Waals surface area contributed by atoms with Crippen molar-refractivity contribution in [2.24, 2.45) is 5.92 Å². The normalized spacial score (nSPS) is 15.3. The Labute approximate surface area is 72.5 Å². The molecule has 0 aromatic heterocycles. The van der Waals surface area contributed by atoms with Crippen LogP contribution in [0.5, 0.6) is 0 Å². The van der Waals surface area contributed by atoms with E-state index in [0.717, 1.165) is 0 Å². The van der Waals surface area contributed by atoms with Crippen molar-refractivity contribution < 1.29 is 19.4 Å². The summed E-state index contributed by atoms with van der Waals surface area (Å²) in [7, 11) is 2.78. The molecule has 12 heavy (non-hydrogen) atoms. The highest BCUT2D eigenvalue weighted by Crippen LogP contribution is 2.11. The summed E-state index contributed by atoms with van der Waals surface area (Å²) < 4.78 is 9.11. The lowest BCUT2D eigenvalue weighted by molar-refractivity contribution is -0.142. The summed E-state index contributed by atoms with van der Waals surface area (Å²) >= 11 is 0. The Hall–Kier alpha value is -0.610. The maximum absolute atomic E-state index is 10.7. The van der Waals surface area contributed by atoms with E-state index in [1.807, 2.05) is 6.92 Å². The number of methoxy groups -OCH3 is 2. The minimum Gasteiger partial charge on any atom is -0.469 e. The molecule has 0 aromatic rings. The molecule has 72 valence electrons. The fourth-order valence-electron chi connectivity index (χ4n) is 0.892. The predicted molar refractivity (Wildman–Crippen MR) is 43.4 cm³/mol. The minimum atomic E-state index is -0.787. The molecule has 0 heterocycles. The number of esters is 1. The summed E-state index contributed by atoms with van der Waals surface area (Å²) in [6.07, 6.45) is -0.0210. The first-order chi connectivity index (χ1) is 5.60. The molecule has 0 aromatic carbocycles. The Morgan fingerprint density at radius 3 is 2.50 bits per heavy atom. The lowest BCUT2D eigenvalue weighted by Crippen LogP contribution is -2.16. The number of carbonyl (C=O) groups excluding carboxylic acids is 1. The van der Waals surface area contributed by atoms with E-state index >= 15 is 0 Å². The zero-order valence-corrected chi connectivity index (χ0v) is 7.74. The first kappa shape index (κ1) is 11.4. The first-order valence-electron chi connectivity index (χ1n) is 3.87. The lowest BCUT2D eigenvalue weighted by Gasteiger charge is -2.13. The molecule has 0 spiro atoms. The van der Waals surface area contributed by atoms with Gasteiger partial charge in [-0.05, 0) is 5.92 Å². The van der Waals surface area contributed by atoms with Crippen LogP contribution < -0.4 is 0 Å². The van der Waals surface area contributed by atoms with Crippen molar-refractivity contribution in [3.8, 4) is 0 Å². The maximum Gasteiger partial charge on any atom is 0.305 e. The van der Waals surface area contributed by atoms with Crippen LogP contribution in [0.25, 0.3) is 0 Å². The molecule has 0 saturated heterocycles. The average Bonchev–Trinajstić information content (AvgIpc) is 2.03. The molecule has 2 unspecified atom stereocenters. The van der Waals surface area contributed by atoms with Crippen molar-refractivity contribution in [2.45, 2.75) is 26.1 Å². The molecule has 0 saturated carbocycles. The Morgan fingerprint density at radius 1 is 1.50 bits per heavy atom. The van der Waals surface area contributed by atoms with Crippen molar-refractivity contribution >= 4 is 5.97 Å². The summed E-state index contributed by atoms with van der Waals surface area (Å²) in [6, 6.07) is 0. The third-order valence-electron chi connectivity index (χ3n) is 1.62. The predicted octanol–water partition coefficient (Wildman–Crippen LogP) is 0.540. The van der Waals surface area contributed by atoms with E-state index in [1.165, 1.54) is 14.2 Å². The van der Waals surface area contributed by atoms with Crippen LogP contribution in [-0.2, 0) is 14.3 Å². The lowest BCUT2D eigenvalue weighted by atomic mass is 10.0. The van der Waals surface area contributed by atoms with Gasteiger partial charge in [0.25, 0.3) is 0 Å². The molecule has 0 aliphatic rings. The van der Waals surface area contributed by atoms with Crippen molar-refractivity contribution in [1.29, 1.82) is 0 Å². The monoisotopic (exact) mass is 176 g/mol. The first-order valence-corrected chi connectivity index (χ1v) is 3.87. The number of carbonyl (C=O) groups is 1. The topological polar surface area (TPSA) is 55.8 Å². The quantitative estimate of drug-likeness (QED) is 0.490. The standard InChI is InChI=1S/C8H16O4/c1-6(4-7(9)11-2)5-8(10)12-3/h6-7,9H,4-5H2,1-3H3. The third kappa shape index (κ3) is 5.09. The van der Waals surface area contributed by atoms with Crippen LogP contribution in [-0.4, -0.2) is 31.6 Å². The Morgan fingerprint density at radius 2 is 2.08 bits per heavy atom. The van der Waals surface area contributed by atoms with Gasteiger partial charge in [-0.15, -0.1) is 0 Å². The van der Waals surface area contributed by atoms with Crippen LogP contribution in [0.15, 0.2) is 0 Å². The number of hydrogen-bond donors (Lipinski definition) is 1. The molecule has 0 amide bonds. The van der Waals surface area contributed by atoms with Crippen molar-refractivity contribution in [3.05, 3.63) is 0 Å². The van der Waals surface area contributed by atoms with E-state index in [-0.39, 0.29) is 11.9 Å². The highest BCUT2D eigenvalue weighted by Gasteiger charge is 2.13. The summed E-state index contributed by atoms with van der Waals surface area (Å²) in [6.45, 7) is 1.86. The van der Waals surface area contributed by atoms with Crippen LogP contribution >= 0.6 is 0 Å². The highest BCUT2D eigenvalue weighted by molar-refractivity contribution is 5.69. The van der Waals surface area contributed by atoms with E-state index in [4.69, 9.17) is 5.11 Å². The summed E-state index contributed by atoms with van der Waals surface area (Å²) in [5.41, 5.74) is 0. The zero-order chi connectivity index (χ0) is 9.56. The smallest absolute Gasteiger partial charge is 0.305 e. The largest absolute Gasteiger partial charge is 0.469 e. The van der Waals surface area contributed by atoms with Crippen molar-refractivity contribution in [3.63, 3.8) is 0 Å². The zero-order valence-electron chi connectivity index (χ0n) is 7.74. The summed E-state index contributed by atoms with van der Waals surface area (Å²) in [5.74, 6) is -0.182. The fraction of sp³-hybridized carbons (Fsp3) is 0.875. The molecule has 2 atom stereocenters. The number of rotatable bonds is 5. The summed E-state index contributed by atoms with van der Waals surface area (Å²) in [4.78, 5) is 10.7. The summed E-state index contributed by atoms with van der Waals surface area (Å²) in [5, 5.41) is 9.04. The van der Waals surface area contributed by atoms with Crippen LogP contribution in [0.1, 0.15) is 19.8 Å². The minimum absolute atomic E-state index is 0.0763. The van der Waals surface area contributed by atoms with Gasteiger partial charge in [0.05, 0.1) is 7.11 Å². The van der Waals surface area contributed by atoms with Gasteiger partial charge < -0.3 is 14.6 Å². The van der Waals surface area contributed by atoms with Crippen LogP contribution in [0, 0.1) is 5.92 Å². The second-order valence-electron chi connectivity index (χ2n) is 2.81. The third-order valence-corrected chi connectivity index (χ3v) is 1.62. The Bertz CT molecular complexity index is 135. The molecular weight excluding hydrogens is 160 g/mol. The van der Waals surface area contributed by atoms with Gasteiger partial charge in [-0.1, -0.05) is 6.92 Å². The number of aliphatic hydroxyl groups is 1. The van der Waals surface area contributed by atoms with Gasteiger partial charge >= 0.3 is 5.97 Å². The van der Waals surface area contributed by atoms with E-state index in [1.54, 1.807) is 0 Å². The Kier molecular flexibility index (Phi) is 5.66. The Balaban J connectivity index is 3.58. The molecule has 0 aliphatic heterocycles. The SMILES string of the molecule is COC(=O)CC(C)CC(O)OC. The van der Waals surface area contributed by atoms with E-state index in [2.05, 4.69) is 9.47 Å². The van der Waals surface area contributed by atoms with E-state index in [9.17, 15) is 4.79 Å². The van der Waals surface area contributed by atoms with Gasteiger partial charge in [0.2, 0.25) is 0 Å². The molecule has 0 rings (SSSR count). The van der Waals surface area contributed by atoms with Gasteiger partial charge in [-0.3, -0.25) is 4.79 Å². The molecule has 0 radical (unpaired) electrons. The number of aliphatic hydroxyl groups excluding tert-OH is 1. The van der Waals surface area contributed by atoms with Gasteiger partial charge in [0.1, 0.15) is 0 Å². The molecule has 0 bridgehead atoms. The van der Waals surface area contributed by atoms with Crippen LogP contribution in [0.4, 0.5) is 0 Å². The molecule has 0 aliphatic carbocycles. The maximum atomic E-state index is 10.7. The number of ether oxygens (including phenoxy) is 2. The molecular formula is C8H16O4. The van der Waals surface area contributed by atoms with Gasteiger partial charge in [0, 0.05) is 20.0 Å². The van der Waals surface area contributed by atoms with Crippen molar-refractivity contribution in [2.75, 3.05) is 14.2 Å². The average molecular weight is 176 g/mol. The van der Waals surface area contributed by atoms with Crippen molar-refractivity contribution in [1.82, 2.24) is 0 Å². The molecule has 0 fully saturated rings. The highest BCUT2D eigenvalue weighted by atomic mass is 16.6. The second kappa shape index (κ2) is 5.97. The fourth-order valence-corrected chi connectivity index (χ4v) is 0.892. The van der Waals surface area contributed by atoms with Crippen LogP contribution in [0.2, 0.25) is 0 Å². The van der Waals surface area contributed by atoms with Crippen LogP contribution in [0.3, 0.4) is 0 Å². The molecule has 4 heteroatoms. The van der Waals surface area contributed by atoms with Gasteiger partial charge in [-0.2, -0.15) is 0 Å². The molecule has 1 N–H and O–H groups in total. The number of hydrogen-bond acceptors (Lipinski definition) is 4. The van der Waals surface area contributed by atoms with E-state index < -0.39 is 6.29 Å². The molecule has 4 nitrogen and oxygen atoms in total. The van der Waals surface area contributed by atoms with Gasteiger partial charge in [-0.25, -0.2) is 0 Å². The van der Waals surface area contributed by atoms with Gasteiger partial charge in [0.15, 0.2) is 6.29 Å². The second-order valence-corrected chi connectivity index (χ2v) is 2.81. The van der Waals surface area contributed by atoms with E-state index in [0.29, 0.717) is 12.8 Å².